The van der Waals surface area contributed by atoms with E-state index >= 15 is 0 Å². The molecule has 0 saturated carbocycles. The summed E-state index contributed by atoms with van der Waals surface area (Å²) < 4.78 is 7.12. The highest BCUT2D eigenvalue weighted by Gasteiger charge is 2.16. The van der Waals surface area contributed by atoms with Gasteiger partial charge in [0.25, 0.3) is 0 Å². The van der Waals surface area contributed by atoms with Crippen molar-refractivity contribution in [1.82, 2.24) is 9.13 Å². The van der Waals surface area contributed by atoms with Gasteiger partial charge >= 0.3 is 16.5 Å². The van der Waals surface area contributed by atoms with Crippen LogP contribution in [-0.2, 0) is 0 Å². The van der Waals surface area contributed by atoms with Gasteiger partial charge in [0.15, 0.2) is 0 Å². The van der Waals surface area contributed by atoms with Crippen LogP contribution in [0.3, 0.4) is 0 Å². The molecule has 0 saturated heterocycles. The molecule has 0 bridgehead atoms. The van der Waals surface area contributed by atoms with Gasteiger partial charge in [0, 0.05) is 44.3 Å². The molecule has 0 amide bonds. The van der Waals surface area contributed by atoms with Crippen molar-refractivity contribution < 1.29 is 0 Å². The zero-order valence-corrected chi connectivity index (χ0v) is 25.3. The number of hydrogen-bond donors (Lipinski definition) is 0. The van der Waals surface area contributed by atoms with Crippen molar-refractivity contribution in [1.29, 1.82) is 0 Å². The Kier molecular flexibility index (Phi) is 6.36. The van der Waals surface area contributed by atoms with Gasteiger partial charge in [-0.25, -0.2) is 0 Å². The van der Waals surface area contributed by atoms with Crippen LogP contribution >= 0.6 is 0 Å². The molecule has 4 heteroatoms. The van der Waals surface area contributed by atoms with Crippen LogP contribution in [-0.4, -0.2) is 25.6 Å². The molecule has 0 atom stereocenters. The molecule has 2 heterocycles. The summed E-state index contributed by atoms with van der Waals surface area (Å²) in [5.41, 5.74) is 9.54. The fourth-order valence-corrected chi connectivity index (χ4v) is 6.67. The third kappa shape index (κ3) is 4.12. The molecule has 0 aliphatic carbocycles. The second-order valence-electron chi connectivity index (χ2n) is 10.3. The van der Waals surface area contributed by atoms with Gasteiger partial charge in [0.1, 0.15) is 0 Å². The molecule has 3 nitrogen and oxygen atoms in total. The Balaban J connectivity index is 1.39. The average Bonchev–Trinajstić information content (AvgIpc) is 3.53. The molecule has 196 valence electrons. The van der Waals surface area contributed by atoms with Crippen molar-refractivity contribution in [2.45, 2.75) is 6.92 Å². The summed E-state index contributed by atoms with van der Waals surface area (Å²) in [4.78, 5) is 0. The Morgan fingerprint density at radius 3 is 1.88 bits per heavy atom. The molecule has 5 aromatic carbocycles. The number of para-hydroxylation sites is 3. The summed E-state index contributed by atoms with van der Waals surface area (Å²) in [5.74, 6) is 0. The van der Waals surface area contributed by atoms with E-state index in [0.29, 0.717) is 0 Å². The summed E-state index contributed by atoms with van der Waals surface area (Å²) in [5, 5.41) is 5.04. The zero-order valence-electron chi connectivity index (χ0n) is 23.3. The molecule has 41 heavy (non-hydrogen) atoms. The zero-order chi connectivity index (χ0) is 27.9. The minimum Gasteiger partial charge on any atom is -0.441 e. The number of benzene rings is 5. The van der Waals surface area contributed by atoms with Crippen molar-refractivity contribution in [2.75, 3.05) is 3.88 Å². The van der Waals surface area contributed by atoms with E-state index in [2.05, 4.69) is 160 Å². The van der Waals surface area contributed by atoms with E-state index in [1.54, 1.807) is 0 Å². The third-order valence-corrected chi connectivity index (χ3v) is 9.02. The highest BCUT2D eigenvalue weighted by molar-refractivity contribution is 6.24. The smallest absolute Gasteiger partial charge is 0.370 e. The lowest BCUT2D eigenvalue weighted by molar-refractivity contribution is 1.18. The van der Waals surface area contributed by atoms with E-state index < -0.39 is 0 Å². The van der Waals surface area contributed by atoms with Gasteiger partial charge in [-0.1, -0.05) is 73.3 Å². The van der Waals surface area contributed by atoms with Crippen LogP contribution in [0.2, 0.25) is 0 Å². The van der Waals surface area contributed by atoms with Crippen LogP contribution in [0.4, 0.5) is 11.4 Å². The number of aromatic nitrogens is 2. The van der Waals surface area contributed by atoms with Gasteiger partial charge in [-0.3, -0.25) is 0 Å². The first-order valence-electron chi connectivity index (χ1n) is 14.0. The van der Waals surface area contributed by atoms with E-state index in [1.807, 2.05) is 6.08 Å². The number of fused-ring (bicyclic) bond motifs is 6. The lowest BCUT2D eigenvalue weighted by atomic mass is 10.1. The second kappa shape index (κ2) is 10.3. The van der Waals surface area contributed by atoms with E-state index in [-0.39, 0.29) is 0 Å². The van der Waals surface area contributed by atoms with E-state index in [4.69, 9.17) is 0 Å². The molecule has 0 spiro atoms. The second-order valence-corrected chi connectivity index (χ2v) is 11.2. The maximum atomic E-state index is 3.96. The van der Waals surface area contributed by atoms with Crippen molar-refractivity contribution >= 4 is 77.2 Å². The predicted octanol–water partition coefficient (Wildman–Crippen LogP) is 9.18. The molecule has 2 aromatic heterocycles. The summed E-state index contributed by atoms with van der Waals surface area (Å²) >= 11 is 0.849. The lowest BCUT2D eigenvalue weighted by Crippen LogP contribution is -2.11. The van der Waals surface area contributed by atoms with Gasteiger partial charge < -0.3 is 13.0 Å². The summed E-state index contributed by atoms with van der Waals surface area (Å²) in [7, 11) is 0. The summed E-state index contributed by atoms with van der Waals surface area (Å²) in [6, 6.07) is 41.7. The Labute approximate surface area is 248 Å². The fourth-order valence-electron chi connectivity index (χ4n) is 6.12. The van der Waals surface area contributed by atoms with Gasteiger partial charge in [-0.15, -0.1) is 0 Å². The lowest BCUT2D eigenvalue weighted by Gasteiger charge is -2.22. The molecule has 0 unspecified atom stereocenters. The van der Waals surface area contributed by atoms with Crippen LogP contribution in [0.25, 0.3) is 55.0 Å². The SMILES string of the molecule is C=C/C=C(\C=C/C)n1c2ccccc2c2cc([N]([AlH2])c3ccc4c(c3)c3ccccc3n4-c3ccccc3)ccc21. The maximum absolute atomic E-state index is 3.96. The van der Waals surface area contributed by atoms with E-state index in [9.17, 15) is 0 Å². The number of nitrogens with zero attached hydrogens (tertiary/aromatic N) is 3. The Morgan fingerprint density at radius 2 is 1.20 bits per heavy atom. The molecular weight excluding hydrogens is 513 g/mol. The minimum absolute atomic E-state index is 0.849. The first-order chi connectivity index (χ1) is 20.2. The Bertz CT molecular complexity index is 2140. The van der Waals surface area contributed by atoms with Crippen molar-refractivity contribution in [3.63, 3.8) is 0 Å². The molecule has 0 N–H and O–H groups in total. The van der Waals surface area contributed by atoms with Crippen molar-refractivity contribution in [3.05, 3.63) is 146 Å². The third-order valence-electron chi connectivity index (χ3n) is 7.99. The quantitative estimate of drug-likeness (QED) is 0.151. The minimum atomic E-state index is 0.849. The molecule has 0 aliphatic rings. The van der Waals surface area contributed by atoms with E-state index in [0.717, 1.165) is 22.2 Å². The standard InChI is InChI=1S/C37H28N3.Al.2H/c1-3-12-28(13-4-2)39-34-18-10-8-16-30(34)32-24-26(20-22-36(32)39)38-27-21-23-37-33(25-27)31-17-9-11-19-35(31)40(37)29-14-6-5-7-15-29;;;/h3-25H,1H2,2H3;;;/q-1;+1;;/b13-4-,28-12+;;;. The average molecular weight is 544 g/mol. The van der Waals surface area contributed by atoms with Crippen LogP contribution in [0.1, 0.15) is 6.92 Å². The monoisotopic (exact) mass is 543 g/mol. The van der Waals surface area contributed by atoms with Crippen molar-refractivity contribution in [3.8, 4) is 5.69 Å². The molecule has 7 rings (SSSR count). The summed E-state index contributed by atoms with van der Waals surface area (Å²) in [6.07, 6.45) is 8.14. The van der Waals surface area contributed by atoms with Gasteiger partial charge in [-0.2, -0.15) is 0 Å². The molecule has 0 radical (unpaired) electrons. The number of anilines is 2. The van der Waals surface area contributed by atoms with Crippen LogP contribution in [0, 0.1) is 0 Å². The van der Waals surface area contributed by atoms with Crippen LogP contribution < -0.4 is 3.88 Å². The normalized spacial score (nSPS) is 12.3. The number of allylic oxidation sites excluding steroid dienone is 5. The Hall–Kier alpha value is -4.75. The number of hydrogen-bond acceptors (Lipinski definition) is 1. The maximum Gasteiger partial charge on any atom is 0.370 e. The van der Waals surface area contributed by atoms with Crippen LogP contribution in [0.15, 0.2) is 146 Å². The predicted molar refractivity (Wildman–Crippen MR) is 180 cm³/mol. The number of rotatable bonds is 6. The van der Waals surface area contributed by atoms with Gasteiger partial charge in [0.05, 0.1) is 22.1 Å². The van der Waals surface area contributed by atoms with Crippen LogP contribution in [0.5, 0.6) is 0 Å². The summed E-state index contributed by atoms with van der Waals surface area (Å²) in [6.45, 7) is 6.01. The highest BCUT2D eigenvalue weighted by atomic mass is 27.1. The van der Waals surface area contributed by atoms with Gasteiger partial charge in [0.2, 0.25) is 0 Å². The Morgan fingerprint density at radius 1 is 0.659 bits per heavy atom. The fraction of sp³-hybridized carbons (Fsp3) is 0.0270. The highest BCUT2D eigenvalue weighted by Crippen LogP contribution is 2.38. The van der Waals surface area contributed by atoms with Gasteiger partial charge in [-0.05, 0) is 79.7 Å². The topological polar surface area (TPSA) is 13.1 Å². The van der Waals surface area contributed by atoms with Crippen molar-refractivity contribution in [2.24, 2.45) is 0 Å². The largest absolute Gasteiger partial charge is 0.441 e. The molecule has 0 aliphatic heterocycles. The molecule has 7 aromatic rings. The first kappa shape index (κ1) is 25.2. The molecular formula is C37H30AlN3. The molecule has 0 fully saturated rings. The first-order valence-corrected chi connectivity index (χ1v) is 14.9. The van der Waals surface area contributed by atoms with E-state index in [1.165, 1.54) is 60.7 Å².